The van der Waals surface area contributed by atoms with Crippen molar-refractivity contribution in [3.8, 4) is 0 Å². The smallest absolute Gasteiger partial charge is 0.265 e. The second-order valence-corrected chi connectivity index (χ2v) is 6.43. The van der Waals surface area contributed by atoms with E-state index in [9.17, 15) is 4.79 Å². The van der Waals surface area contributed by atoms with Crippen molar-refractivity contribution in [1.29, 1.82) is 0 Å². The Kier molecular flexibility index (Phi) is 3.49. The highest BCUT2D eigenvalue weighted by Gasteiger charge is 2.17. The number of hydrogen-bond acceptors (Lipinski definition) is 3. The number of thiophene rings is 1. The second kappa shape index (κ2) is 5.29. The zero-order chi connectivity index (χ0) is 14.1. The SMILES string of the molecule is Cc1ccc(N)cc1NC(=O)c1cc2c(s1)CCCC2. The minimum absolute atomic E-state index is 0.0295. The molecule has 104 valence electrons. The lowest BCUT2D eigenvalue weighted by atomic mass is 9.99. The molecule has 0 radical (unpaired) electrons. The predicted molar refractivity (Wildman–Crippen MR) is 84.5 cm³/mol. The summed E-state index contributed by atoms with van der Waals surface area (Å²) in [6, 6.07) is 7.62. The third-order valence-electron chi connectivity index (χ3n) is 3.73. The van der Waals surface area contributed by atoms with E-state index in [-0.39, 0.29) is 5.91 Å². The van der Waals surface area contributed by atoms with Crippen molar-refractivity contribution >= 4 is 28.6 Å². The summed E-state index contributed by atoms with van der Waals surface area (Å²) in [7, 11) is 0. The number of rotatable bonds is 2. The molecule has 3 nitrogen and oxygen atoms in total. The topological polar surface area (TPSA) is 55.1 Å². The Morgan fingerprint density at radius 2 is 2.05 bits per heavy atom. The first kappa shape index (κ1) is 13.2. The van der Waals surface area contributed by atoms with Gasteiger partial charge in [-0.15, -0.1) is 11.3 Å². The van der Waals surface area contributed by atoms with E-state index >= 15 is 0 Å². The number of amides is 1. The van der Waals surface area contributed by atoms with Crippen molar-refractivity contribution in [2.75, 3.05) is 11.1 Å². The van der Waals surface area contributed by atoms with Crippen molar-refractivity contribution in [2.24, 2.45) is 0 Å². The number of benzene rings is 1. The maximum absolute atomic E-state index is 12.4. The minimum atomic E-state index is -0.0295. The van der Waals surface area contributed by atoms with Crippen LogP contribution in [0.4, 0.5) is 11.4 Å². The molecule has 0 bridgehead atoms. The van der Waals surface area contributed by atoms with E-state index in [1.54, 1.807) is 17.4 Å². The normalized spacial score (nSPS) is 13.8. The third-order valence-corrected chi connectivity index (χ3v) is 4.97. The van der Waals surface area contributed by atoms with Crippen molar-refractivity contribution in [2.45, 2.75) is 32.6 Å². The molecule has 1 amide bonds. The molecule has 1 aliphatic rings. The van der Waals surface area contributed by atoms with Gasteiger partial charge in [0.25, 0.3) is 5.91 Å². The fraction of sp³-hybridized carbons (Fsp3) is 0.312. The number of carbonyl (C=O) groups excluding carboxylic acids is 1. The number of fused-ring (bicyclic) bond motifs is 1. The Labute approximate surface area is 122 Å². The van der Waals surface area contributed by atoms with Gasteiger partial charge in [0, 0.05) is 16.3 Å². The van der Waals surface area contributed by atoms with Crippen molar-refractivity contribution in [3.05, 3.63) is 45.1 Å². The Balaban J connectivity index is 1.82. The standard InChI is InChI=1S/C16H18N2OS/c1-10-6-7-12(17)9-13(10)18-16(19)15-8-11-4-2-3-5-14(11)20-15/h6-9H,2-5,17H2,1H3,(H,18,19). The van der Waals surface area contributed by atoms with Crippen molar-refractivity contribution < 1.29 is 4.79 Å². The minimum Gasteiger partial charge on any atom is -0.399 e. The number of nitrogen functional groups attached to an aromatic ring is 1. The Morgan fingerprint density at radius 3 is 2.85 bits per heavy atom. The molecule has 3 rings (SSSR count). The van der Waals surface area contributed by atoms with Gasteiger partial charge in [-0.25, -0.2) is 0 Å². The van der Waals surface area contributed by atoms with E-state index in [0.717, 1.165) is 29.0 Å². The lowest BCUT2D eigenvalue weighted by molar-refractivity contribution is 0.103. The molecule has 1 heterocycles. The lowest BCUT2D eigenvalue weighted by Gasteiger charge is -2.08. The van der Waals surface area contributed by atoms with Crippen LogP contribution in [0.2, 0.25) is 0 Å². The molecular weight excluding hydrogens is 268 g/mol. The molecule has 0 atom stereocenters. The fourth-order valence-electron chi connectivity index (χ4n) is 2.56. The molecule has 2 aromatic rings. The number of nitrogens with one attached hydrogen (secondary N) is 1. The van der Waals surface area contributed by atoms with Gasteiger partial charge < -0.3 is 11.1 Å². The van der Waals surface area contributed by atoms with Gasteiger partial charge in [-0.05, 0) is 61.9 Å². The van der Waals surface area contributed by atoms with E-state index in [0.29, 0.717) is 5.69 Å². The molecule has 1 aromatic carbocycles. The number of anilines is 2. The summed E-state index contributed by atoms with van der Waals surface area (Å²) in [5, 5.41) is 2.97. The van der Waals surface area contributed by atoms with Crippen LogP contribution in [0, 0.1) is 6.92 Å². The van der Waals surface area contributed by atoms with Gasteiger partial charge in [0.2, 0.25) is 0 Å². The number of carbonyl (C=O) groups is 1. The quantitative estimate of drug-likeness (QED) is 0.826. The van der Waals surface area contributed by atoms with Gasteiger partial charge in [-0.3, -0.25) is 4.79 Å². The van der Waals surface area contributed by atoms with Crippen LogP contribution in [0.3, 0.4) is 0 Å². The van der Waals surface area contributed by atoms with E-state index in [4.69, 9.17) is 5.73 Å². The zero-order valence-corrected chi connectivity index (χ0v) is 12.3. The Hall–Kier alpha value is -1.81. The van der Waals surface area contributed by atoms with E-state index < -0.39 is 0 Å². The highest BCUT2D eigenvalue weighted by atomic mass is 32.1. The fourth-order valence-corrected chi connectivity index (χ4v) is 3.71. The molecule has 1 aromatic heterocycles. The Morgan fingerprint density at radius 1 is 1.25 bits per heavy atom. The molecule has 4 heteroatoms. The zero-order valence-electron chi connectivity index (χ0n) is 11.5. The molecule has 0 saturated carbocycles. The number of hydrogen-bond donors (Lipinski definition) is 2. The maximum Gasteiger partial charge on any atom is 0.265 e. The van der Waals surface area contributed by atoms with Crippen LogP contribution in [-0.2, 0) is 12.8 Å². The summed E-state index contributed by atoms with van der Waals surface area (Å²) in [6.07, 6.45) is 4.70. The van der Waals surface area contributed by atoms with Gasteiger partial charge in [-0.2, -0.15) is 0 Å². The number of nitrogens with two attached hydrogens (primary N) is 1. The van der Waals surface area contributed by atoms with Gasteiger partial charge in [0.1, 0.15) is 0 Å². The van der Waals surface area contributed by atoms with E-state index in [1.807, 2.05) is 19.1 Å². The summed E-state index contributed by atoms with van der Waals surface area (Å²) in [6.45, 7) is 1.97. The molecule has 0 saturated heterocycles. The first-order valence-electron chi connectivity index (χ1n) is 6.92. The van der Waals surface area contributed by atoms with Crippen LogP contribution in [0.5, 0.6) is 0 Å². The van der Waals surface area contributed by atoms with Crippen molar-refractivity contribution in [3.63, 3.8) is 0 Å². The van der Waals surface area contributed by atoms with Crippen molar-refractivity contribution in [1.82, 2.24) is 0 Å². The molecule has 0 aliphatic heterocycles. The van der Waals surface area contributed by atoms with Gasteiger partial charge in [0.15, 0.2) is 0 Å². The maximum atomic E-state index is 12.4. The monoisotopic (exact) mass is 286 g/mol. The summed E-state index contributed by atoms with van der Waals surface area (Å²) in [5.74, 6) is -0.0295. The van der Waals surface area contributed by atoms with Crippen LogP contribution in [0.1, 0.15) is 38.5 Å². The Bertz CT molecular complexity index is 637. The van der Waals surface area contributed by atoms with Crippen LogP contribution in [0.15, 0.2) is 24.3 Å². The van der Waals surface area contributed by atoms with Gasteiger partial charge in [-0.1, -0.05) is 6.07 Å². The summed E-state index contributed by atoms with van der Waals surface area (Å²) < 4.78 is 0. The summed E-state index contributed by atoms with van der Waals surface area (Å²) in [4.78, 5) is 14.5. The first-order valence-corrected chi connectivity index (χ1v) is 7.74. The van der Waals surface area contributed by atoms with E-state index in [1.165, 1.54) is 23.3 Å². The molecule has 0 unspecified atom stereocenters. The first-order chi connectivity index (χ1) is 9.63. The average Bonchev–Trinajstić information content (AvgIpc) is 2.87. The molecule has 3 N–H and O–H groups in total. The molecule has 0 fully saturated rings. The number of aryl methyl sites for hydroxylation is 3. The molecule has 1 aliphatic carbocycles. The third kappa shape index (κ3) is 2.56. The van der Waals surface area contributed by atoms with Gasteiger partial charge >= 0.3 is 0 Å². The predicted octanol–water partition coefficient (Wildman–Crippen LogP) is 3.77. The highest BCUT2D eigenvalue weighted by Crippen LogP contribution is 2.30. The van der Waals surface area contributed by atoms with Crippen LogP contribution in [-0.4, -0.2) is 5.91 Å². The largest absolute Gasteiger partial charge is 0.399 e. The molecular formula is C16H18N2OS. The van der Waals surface area contributed by atoms with Crippen LogP contribution >= 0.6 is 11.3 Å². The van der Waals surface area contributed by atoms with Crippen LogP contribution in [0.25, 0.3) is 0 Å². The average molecular weight is 286 g/mol. The van der Waals surface area contributed by atoms with Gasteiger partial charge in [0.05, 0.1) is 4.88 Å². The molecule has 20 heavy (non-hydrogen) atoms. The summed E-state index contributed by atoms with van der Waals surface area (Å²) in [5.41, 5.74) is 9.61. The van der Waals surface area contributed by atoms with E-state index in [2.05, 4.69) is 11.4 Å². The second-order valence-electron chi connectivity index (χ2n) is 5.29. The summed E-state index contributed by atoms with van der Waals surface area (Å²) >= 11 is 1.63. The molecule has 0 spiro atoms. The highest BCUT2D eigenvalue weighted by molar-refractivity contribution is 7.14. The van der Waals surface area contributed by atoms with Crippen LogP contribution < -0.4 is 11.1 Å². The lowest BCUT2D eigenvalue weighted by Crippen LogP contribution is -2.11.